The molecule has 1 aromatic heterocycles. The second kappa shape index (κ2) is 7.98. The van der Waals surface area contributed by atoms with Gasteiger partial charge in [-0.1, -0.05) is 66.2 Å². The Morgan fingerprint density at radius 2 is 1.61 bits per heavy atom. The van der Waals surface area contributed by atoms with Gasteiger partial charge in [-0.25, -0.2) is 4.68 Å². The molecule has 0 aliphatic carbocycles. The number of anilines is 1. The first-order valence-electron chi connectivity index (χ1n) is 8.73. The first-order valence-corrected chi connectivity index (χ1v) is 9.11. The van der Waals surface area contributed by atoms with E-state index in [1.54, 1.807) is 29.1 Å². The zero-order chi connectivity index (χ0) is 19.3. The van der Waals surface area contributed by atoms with E-state index < -0.39 is 0 Å². The smallest absolute Gasteiger partial charge is 0.273 e. The third-order valence-corrected chi connectivity index (χ3v) is 4.41. The van der Waals surface area contributed by atoms with Crippen LogP contribution in [0.3, 0.4) is 0 Å². The van der Waals surface area contributed by atoms with Crippen molar-refractivity contribution in [3.63, 3.8) is 0 Å². The van der Waals surface area contributed by atoms with E-state index in [1.807, 2.05) is 66.7 Å². The molecule has 0 aliphatic rings. The van der Waals surface area contributed by atoms with Crippen LogP contribution in [-0.4, -0.2) is 15.7 Å². The van der Waals surface area contributed by atoms with E-state index in [0.717, 1.165) is 11.3 Å². The monoisotopic (exact) mass is 388 g/mol. The van der Waals surface area contributed by atoms with Crippen LogP contribution in [0.1, 0.15) is 10.4 Å². The first-order chi connectivity index (χ1) is 13.7. The Morgan fingerprint density at radius 1 is 0.893 bits per heavy atom. The van der Waals surface area contributed by atoms with Crippen LogP contribution in [-0.2, 0) is 0 Å². The van der Waals surface area contributed by atoms with E-state index in [0.29, 0.717) is 22.0 Å². The molecule has 0 spiro atoms. The molecule has 3 aromatic carbocycles. The molecule has 0 atom stereocenters. The maximum Gasteiger partial charge on any atom is 0.273 e. The predicted octanol–water partition coefficient (Wildman–Crippen LogP) is 4.95. The van der Waals surface area contributed by atoms with Crippen molar-refractivity contribution in [2.75, 3.05) is 5.43 Å². The molecule has 0 aliphatic heterocycles. The van der Waals surface area contributed by atoms with Crippen LogP contribution in [0.4, 0.5) is 5.69 Å². The molecule has 0 bridgehead atoms. The largest absolute Gasteiger partial charge is 0.298 e. The highest BCUT2D eigenvalue weighted by atomic mass is 35.5. The average Bonchev–Trinajstić information content (AvgIpc) is 3.19. The minimum atomic E-state index is -0.291. The third-order valence-electron chi connectivity index (χ3n) is 4.17. The number of amides is 1. The summed E-state index contributed by atoms with van der Waals surface area (Å²) in [4.78, 5) is 12.9. The van der Waals surface area contributed by atoms with Gasteiger partial charge in [0.2, 0.25) is 0 Å². The highest BCUT2D eigenvalue weighted by molar-refractivity contribution is 6.30. The van der Waals surface area contributed by atoms with Crippen molar-refractivity contribution in [1.82, 2.24) is 15.2 Å². The Balaban J connectivity index is 1.66. The second-order valence-electron chi connectivity index (χ2n) is 6.13. The number of hydrogen-bond donors (Lipinski definition) is 2. The number of carbonyl (C=O) groups is 1. The number of carbonyl (C=O) groups excluding carboxylic acids is 1. The fraction of sp³-hybridized carbons (Fsp3) is 0. The van der Waals surface area contributed by atoms with Gasteiger partial charge in [0.1, 0.15) is 5.69 Å². The number of para-hydroxylation sites is 1. The lowest BCUT2D eigenvalue weighted by molar-refractivity contribution is 0.0963. The summed E-state index contributed by atoms with van der Waals surface area (Å²) in [7, 11) is 0. The lowest BCUT2D eigenvalue weighted by Crippen LogP contribution is -2.29. The highest BCUT2D eigenvalue weighted by Gasteiger charge is 2.18. The van der Waals surface area contributed by atoms with Crippen molar-refractivity contribution in [3.8, 4) is 16.9 Å². The van der Waals surface area contributed by atoms with Gasteiger partial charge in [-0.3, -0.25) is 15.6 Å². The number of hydrogen-bond acceptors (Lipinski definition) is 3. The van der Waals surface area contributed by atoms with Crippen LogP contribution in [0.2, 0.25) is 5.02 Å². The minimum absolute atomic E-state index is 0.291. The van der Waals surface area contributed by atoms with Crippen molar-refractivity contribution >= 4 is 23.2 Å². The normalized spacial score (nSPS) is 10.5. The molecule has 0 fully saturated rings. The predicted molar refractivity (Wildman–Crippen MR) is 112 cm³/mol. The summed E-state index contributed by atoms with van der Waals surface area (Å²) in [6, 6.07) is 26.4. The molecule has 0 radical (unpaired) electrons. The molecular weight excluding hydrogens is 372 g/mol. The van der Waals surface area contributed by atoms with Crippen molar-refractivity contribution in [2.24, 2.45) is 0 Å². The Labute approximate surface area is 167 Å². The average molecular weight is 389 g/mol. The molecule has 4 rings (SSSR count). The van der Waals surface area contributed by atoms with Crippen molar-refractivity contribution in [1.29, 1.82) is 0 Å². The topological polar surface area (TPSA) is 59.0 Å². The summed E-state index contributed by atoms with van der Waals surface area (Å²) >= 11 is 5.99. The summed E-state index contributed by atoms with van der Waals surface area (Å²) in [6.07, 6.45) is 1.73. The summed E-state index contributed by atoms with van der Waals surface area (Å²) in [5, 5.41) is 5.23. The van der Waals surface area contributed by atoms with Gasteiger partial charge in [0.15, 0.2) is 0 Å². The van der Waals surface area contributed by atoms with Gasteiger partial charge in [-0.2, -0.15) is 5.10 Å². The Kier molecular flexibility index (Phi) is 5.08. The quantitative estimate of drug-likeness (QED) is 0.475. The van der Waals surface area contributed by atoms with Gasteiger partial charge >= 0.3 is 0 Å². The number of benzene rings is 3. The molecule has 0 unspecified atom stereocenters. The second-order valence-corrected chi connectivity index (χ2v) is 6.56. The van der Waals surface area contributed by atoms with Gasteiger partial charge in [0, 0.05) is 16.8 Å². The number of hydrazine groups is 1. The molecule has 1 heterocycles. The Morgan fingerprint density at radius 3 is 2.32 bits per heavy atom. The summed E-state index contributed by atoms with van der Waals surface area (Å²) in [6.45, 7) is 0. The number of aromatic nitrogens is 2. The molecular formula is C22H17ClN4O. The van der Waals surface area contributed by atoms with E-state index >= 15 is 0 Å². The van der Waals surface area contributed by atoms with E-state index in [4.69, 9.17) is 11.6 Å². The zero-order valence-electron chi connectivity index (χ0n) is 14.8. The molecule has 0 saturated heterocycles. The van der Waals surface area contributed by atoms with Crippen LogP contribution in [0.5, 0.6) is 0 Å². The number of nitrogens with zero attached hydrogens (tertiary/aromatic N) is 2. The third kappa shape index (κ3) is 3.89. The molecule has 5 nitrogen and oxygen atoms in total. The number of rotatable bonds is 5. The molecule has 0 saturated carbocycles. The maximum atomic E-state index is 12.9. The van der Waals surface area contributed by atoms with E-state index in [9.17, 15) is 4.79 Å². The number of halogens is 1. The van der Waals surface area contributed by atoms with Gasteiger partial charge in [-0.15, -0.1) is 0 Å². The van der Waals surface area contributed by atoms with Crippen molar-refractivity contribution in [2.45, 2.75) is 0 Å². The number of nitrogens with one attached hydrogen (secondary N) is 2. The summed E-state index contributed by atoms with van der Waals surface area (Å²) < 4.78 is 1.70. The fourth-order valence-electron chi connectivity index (χ4n) is 2.82. The lowest BCUT2D eigenvalue weighted by Gasteiger charge is -2.08. The Bertz CT molecular complexity index is 1090. The van der Waals surface area contributed by atoms with Crippen LogP contribution >= 0.6 is 11.6 Å². The van der Waals surface area contributed by atoms with Gasteiger partial charge in [0.05, 0.1) is 16.9 Å². The molecule has 138 valence electrons. The minimum Gasteiger partial charge on any atom is -0.298 e. The summed E-state index contributed by atoms with van der Waals surface area (Å²) in [5.74, 6) is -0.291. The van der Waals surface area contributed by atoms with E-state index in [-0.39, 0.29) is 5.91 Å². The zero-order valence-corrected chi connectivity index (χ0v) is 15.6. The molecule has 4 aromatic rings. The lowest BCUT2D eigenvalue weighted by atomic mass is 10.1. The first kappa shape index (κ1) is 17.8. The van der Waals surface area contributed by atoms with Crippen molar-refractivity contribution < 1.29 is 4.79 Å². The maximum absolute atomic E-state index is 12.9. The SMILES string of the molecule is O=C(NNc1cccc(Cl)c1)c1cn(-c2ccccc2)nc1-c1ccccc1. The molecule has 1 amide bonds. The molecule has 2 N–H and O–H groups in total. The standard InChI is InChI=1S/C22H17ClN4O/c23-17-10-7-11-18(14-17)24-25-22(28)20-15-27(19-12-5-2-6-13-19)26-21(20)16-8-3-1-4-9-16/h1-15,24H,(H,25,28). The van der Waals surface area contributed by atoms with Crippen LogP contribution in [0.25, 0.3) is 16.9 Å². The van der Waals surface area contributed by atoms with Gasteiger partial charge in [-0.05, 0) is 30.3 Å². The van der Waals surface area contributed by atoms with Gasteiger partial charge < -0.3 is 0 Å². The van der Waals surface area contributed by atoms with Gasteiger partial charge in [0.25, 0.3) is 5.91 Å². The molecule has 6 heteroatoms. The molecule has 28 heavy (non-hydrogen) atoms. The van der Waals surface area contributed by atoms with E-state index in [2.05, 4.69) is 16.0 Å². The van der Waals surface area contributed by atoms with Crippen LogP contribution in [0.15, 0.2) is 91.1 Å². The summed E-state index contributed by atoms with van der Waals surface area (Å²) in [5.41, 5.74) is 9.11. The fourth-order valence-corrected chi connectivity index (χ4v) is 3.02. The van der Waals surface area contributed by atoms with Crippen molar-refractivity contribution in [3.05, 3.63) is 102 Å². The highest BCUT2D eigenvalue weighted by Crippen LogP contribution is 2.24. The van der Waals surface area contributed by atoms with Crippen LogP contribution < -0.4 is 10.9 Å². The Hall–Kier alpha value is -3.57. The van der Waals surface area contributed by atoms with E-state index in [1.165, 1.54) is 0 Å². The van der Waals surface area contributed by atoms with Crippen LogP contribution in [0, 0.1) is 0 Å².